The molecule has 16 nitrogen and oxygen atoms in total. The third kappa shape index (κ3) is 7.27. The van der Waals surface area contributed by atoms with E-state index < -0.39 is 23.7 Å². The summed E-state index contributed by atoms with van der Waals surface area (Å²) < 4.78 is 16.3. The Hall–Kier alpha value is -6.92. The summed E-state index contributed by atoms with van der Waals surface area (Å²) in [6.07, 6.45) is 3.19. The van der Waals surface area contributed by atoms with Gasteiger partial charge in [-0.2, -0.15) is 0 Å². The number of nitrogens with one attached hydrogen (secondary N) is 2. The summed E-state index contributed by atoms with van der Waals surface area (Å²) in [5.41, 5.74) is 7.64. The molecule has 0 radical (unpaired) electrons. The molecule has 0 saturated carbocycles. The van der Waals surface area contributed by atoms with Gasteiger partial charge in [0.1, 0.15) is 34.9 Å². The number of rotatable bonds is 11. The molecule has 2 amide bonds. The van der Waals surface area contributed by atoms with Crippen molar-refractivity contribution in [1.29, 1.82) is 0 Å². The average molecular weight is 882 g/mol. The number of imidazole rings is 1. The highest BCUT2D eigenvalue weighted by Gasteiger charge is 2.33. The maximum absolute atomic E-state index is 14.5. The fraction of sp³-hybridized carbons (Fsp3) is 0.250. The third-order valence-electron chi connectivity index (χ3n) is 11.5. The fourth-order valence-electron chi connectivity index (χ4n) is 8.29. The number of aromatic nitrogens is 8. The predicted octanol–water partition coefficient (Wildman–Crippen LogP) is 6.34. The number of ether oxygens (including phenoxy) is 1. The first-order valence-electron chi connectivity index (χ1n) is 20.2. The summed E-state index contributed by atoms with van der Waals surface area (Å²) >= 11 is 7.88. The molecule has 1 aliphatic heterocycles. The Morgan fingerprint density at radius 3 is 2.49 bits per heavy atom. The smallest absolute Gasteiger partial charge is 0.355 e. The molecular formula is C44H41BClN11O5S. The van der Waals surface area contributed by atoms with E-state index in [1.165, 1.54) is 4.57 Å². The number of benzene rings is 2. The zero-order valence-corrected chi connectivity index (χ0v) is 37.1. The molecule has 0 spiro atoms. The van der Waals surface area contributed by atoms with Gasteiger partial charge < -0.3 is 19.7 Å². The number of thiophene rings is 1. The molecule has 6 aromatic heterocycles. The molecule has 2 N–H and O–H groups in total. The van der Waals surface area contributed by atoms with Crippen LogP contribution in [0.25, 0.3) is 38.1 Å². The topological polar surface area (TPSA) is 189 Å². The van der Waals surface area contributed by atoms with Crippen molar-refractivity contribution >= 4 is 69.9 Å². The minimum atomic E-state index is -0.695. The lowest BCUT2D eigenvalue weighted by Gasteiger charge is -2.15. The molecule has 0 bridgehead atoms. The van der Waals surface area contributed by atoms with E-state index in [0.29, 0.717) is 61.5 Å². The van der Waals surface area contributed by atoms with Crippen molar-refractivity contribution in [2.75, 3.05) is 7.11 Å². The van der Waals surface area contributed by atoms with E-state index in [2.05, 4.69) is 44.6 Å². The average Bonchev–Trinajstić information content (AvgIpc) is 3.97. The summed E-state index contributed by atoms with van der Waals surface area (Å²) in [7, 11) is 1.38. The SMILES string of the molecule is COc1cc2c(cc1-c1c(C)noc1C)ncc1c2n(C(C)c2ccccn2)c(=O)n1CC(=O)NBNC(=O)CC1N=C(c2ccc(Cl)cc2)c2c(sc(C)c2C)-n2c(C)nnc21. The lowest BCUT2D eigenvalue weighted by molar-refractivity contribution is -0.120. The minimum Gasteiger partial charge on any atom is -0.496 e. The number of methoxy groups -OCH3 is 1. The summed E-state index contributed by atoms with van der Waals surface area (Å²) in [4.78, 5) is 57.4. The van der Waals surface area contributed by atoms with Crippen LogP contribution in [0, 0.1) is 34.6 Å². The van der Waals surface area contributed by atoms with Crippen molar-refractivity contribution in [2.24, 2.45) is 4.99 Å². The van der Waals surface area contributed by atoms with Gasteiger partial charge in [0, 0.05) is 38.2 Å². The van der Waals surface area contributed by atoms with E-state index in [0.717, 1.165) is 43.4 Å². The molecule has 318 valence electrons. The third-order valence-corrected chi connectivity index (χ3v) is 13.0. The van der Waals surface area contributed by atoms with Crippen molar-refractivity contribution in [1.82, 2.24) is 49.5 Å². The van der Waals surface area contributed by atoms with E-state index in [4.69, 9.17) is 30.8 Å². The Morgan fingerprint density at radius 1 is 1.00 bits per heavy atom. The molecule has 2 aromatic carbocycles. The molecular weight excluding hydrogens is 841 g/mol. The molecule has 9 rings (SSSR count). The van der Waals surface area contributed by atoms with Gasteiger partial charge >= 0.3 is 13.2 Å². The molecule has 0 aliphatic carbocycles. The van der Waals surface area contributed by atoms with Crippen LogP contribution in [0.4, 0.5) is 0 Å². The zero-order chi connectivity index (χ0) is 44.3. The van der Waals surface area contributed by atoms with E-state index >= 15 is 0 Å². The molecule has 2 atom stereocenters. The lowest BCUT2D eigenvalue weighted by atomic mass is 9.99. The first-order chi connectivity index (χ1) is 30.3. The number of pyridine rings is 2. The van der Waals surface area contributed by atoms with Crippen molar-refractivity contribution in [3.05, 3.63) is 133 Å². The van der Waals surface area contributed by atoms with Crippen LogP contribution in [0.1, 0.15) is 75.8 Å². The number of aliphatic imine (C=N–C) groups is 1. The van der Waals surface area contributed by atoms with Gasteiger partial charge in [-0.3, -0.25) is 38.3 Å². The lowest BCUT2D eigenvalue weighted by Crippen LogP contribution is -2.43. The summed E-state index contributed by atoms with van der Waals surface area (Å²) in [6, 6.07) is 15.5. The summed E-state index contributed by atoms with van der Waals surface area (Å²) in [5, 5.41) is 20.7. The summed E-state index contributed by atoms with van der Waals surface area (Å²) in [6.45, 7) is 11.2. The van der Waals surface area contributed by atoms with Crippen LogP contribution < -0.4 is 20.9 Å². The number of amides is 2. The van der Waals surface area contributed by atoms with Crippen LogP contribution in [0.2, 0.25) is 5.02 Å². The van der Waals surface area contributed by atoms with Gasteiger partial charge in [-0.15, -0.1) is 21.5 Å². The van der Waals surface area contributed by atoms with Gasteiger partial charge in [-0.25, -0.2) is 4.79 Å². The van der Waals surface area contributed by atoms with E-state index in [1.54, 1.807) is 35.4 Å². The maximum atomic E-state index is 14.5. The number of hydrogen-bond donors (Lipinski definition) is 2. The van der Waals surface area contributed by atoms with Crippen LogP contribution in [0.5, 0.6) is 5.75 Å². The monoisotopic (exact) mass is 881 g/mol. The van der Waals surface area contributed by atoms with Gasteiger partial charge in [0.05, 0.1) is 65.0 Å². The van der Waals surface area contributed by atoms with Crippen molar-refractivity contribution < 1.29 is 18.8 Å². The normalized spacial score (nSPS) is 13.9. The first-order valence-corrected chi connectivity index (χ1v) is 21.4. The molecule has 7 heterocycles. The maximum Gasteiger partial charge on any atom is 0.355 e. The quantitative estimate of drug-likeness (QED) is 0.139. The van der Waals surface area contributed by atoms with Crippen molar-refractivity contribution in [2.45, 2.75) is 66.6 Å². The number of halogens is 1. The van der Waals surface area contributed by atoms with Gasteiger partial charge in [0.25, 0.3) is 0 Å². The second kappa shape index (κ2) is 16.4. The van der Waals surface area contributed by atoms with Crippen LogP contribution in [0.3, 0.4) is 0 Å². The fourth-order valence-corrected chi connectivity index (χ4v) is 9.63. The Balaban J connectivity index is 0.993. The van der Waals surface area contributed by atoms with Gasteiger partial charge in [-0.05, 0) is 83.5 Å². The second-order valence-corrected chi connectivity index (χ2v) is 17.1. The predicted molar refractivity (Wildman–Crippen MR) is 242 cm³/mol. The highest BCUT2D eigenvalue weighted by molar-refractivity contribution is 7.15. The number of fused-ring (bicyclic) bond motifs is 6. The molecule has 8 aromatic rings. The van der Waals surface area contributed by atoms with Gasteiger partial charge in [0.2, 0.25) is 11.8 Å². The number of carbonyl (C=O) groups excluding carboxylic acids is 2. The molecule has 63 heavy (non-hydrogen) atoms. The van der Waals surface area contributed by atoms with Gasteiger partial charge in [0.15, 0.2) is 5.82 Å². The summed E-state index contributed by atoms with van der Waals surface area (Å²) in [5.74, 6) is 1.49. The van der Waals surface area contributed by atoms with Crippen LogP contribution >= 0.6 is 22.9 Å². The highest BCUT2D eigenvalue weighted by Crippen LogP contribution is 2.41. The van der Waals surface area contributed by atoms with Crippen molar-refractivity contribution in [3.8, 4) is 21.9 Å². The Bertz CT molecular complexity index is 3190. The molecule has 1 aliphatic rings. The number of aryl methyl sites for hydroxylation is 4. The standard InChI is InChI=1S/C44H41BClN11O5S/c1-21-25(5)63-43-38(21)40(27-11-13-28(46)14-12-27)49-33(42-53-52-26(6)57(42)43)18-36(58)50-45-51-37(59)20-55-34-19-48-32-16-30(39-22(2)54-62-24(39)4)35(61-7)17-29(32)41(34)56(44(55)60)23(3)31-10-8-9-15-47-31/h8-17,19,23,33,45H,18,20H2,1-7H3,(H,50,58)(H,51,59). The largest absolute Gasteiger partial charge is 0.496 e. The zero-order valence-electron chi connectivity index (χ0n) is 35.5. The molecule has 2 unspecified atom stereocenters. The minimum absolute atomic E-state index is 0.0728. The molecule has 19 heteroatoms. The van der Waals surface area contributed by atoms with Crippen LogP contribution in [0.15, 0.2) is 81.3 Å². The Kier molecular flexibility index (Phi) is 10.8. The molecule has 0 fully saturated rings. The highest BCUT2D eigenvalue weighted by atomic mass is 35.5. The van der Waals surface area contributed by atoms with Crippen LogP contribution in [-0.2, 0) is 16.1 Å². The second-order valence-electron chi connectivity index (χ2n) is 15.4. The number of hydrogen-bond acceptors (Lipinski definition) is 12. The van der Waals surface area contributed by atoms with E-state index in [-0.39, 0.29) is 26.4 Å². The van der Waals surface area contributed by atoms with Crippen molar-refractivity contribution in [3.63, 3.8) is 0 Å². The van der Waals surface area contributed by atoms with E-state index in [1.807, 2.05) is 86.9 Å². The van der Waals surface area contributed by atoms with Crippen LogP contribution in [-0.4, -0.2) is 71.2 Å². The number of carbonyl (C=O) groups is 2. The Labute approximate surface area is 370 Å². The first kappa shape index (κ1) is 41.4. The number of nitrogens with zero attached hydrogens (tertiary/aromatic N) is 9. The van der Waals surface area contributed by atoms with E-state index in [9.17, 15) is 14.4 Å². The van der Waals surface area contributed by atoms with Gasteiger partial charge in [-0.1, -0.05) is 35.0 Å². The molecule has 0 saturated heterocycles. The Morgan fingerprint density at radius 2 is 1.78 bits per heavy atom.